The first kappa shape index (κ1) is 16.6. The molecule has 7 nitrogen and oxygen atoms in total. The summed E-state index contributed by atoms with van der Waals surface area (Å²) < 4.78 is 27.2. The molecule has 24 heavy (non-hydrogen) atoms. The van der Waals surface area contributed by atoms with Crippen molar-refractivity contribution in [2.75, 3.05) is 4.72 Å². The number of fused-ring (bicyclic) bond motifs is 1. The molecule has 3 rings (SSSR count). The van der Waals surface area contributed by atoms with Crippen molar-refractivity contribution in [1.82, 2.24) is 9.97 Å². The summed E-state index contributed by atoms with van der Waals surface area (Å²) in [5.74, 6) is 0. The van der Waals surface area contributed by atoms with Gasteiger partial charge in [0.15, 0.2) is 0 Å². The van der Waals surface area contributed by atoms with E-state index in [1.54, 1.807) is 0 Å². The second kappa shape index (κ2) is 5.97. The Balaban J connectivity index is 2.04. The van der Waals surface area contributed by atoms with Gasteiger partial charge in [-0.15, -0.1) is 0 Å². The molecule has 10 heteroatoms. The number of aromatic nitrogens is 2. The SMILES string of the molecule is O=c1[nH]c2ccc(S(=O)(=O)Nc3ccc(Cl)c(Cl)c3)cc2[nH]c1=O. The Morgan fingerprint density at radius 3 is 2.17 bits per heavy atom. The number of sulfonamides is 1. The van der Waals surface area contributed by atoms with Crippen LogP contribution in [0.25, 0.3) is 11.0 Å². The van der Waals surface area contributed by atoms with Gasteiger partial charge in [0.25, 0.3) is 10.0 Å². The van der Waals surface area contributed by atoms with Crippen molar-refractivity contribution in [2.45, 2.75) is 4.90 Å². The van der Waals surface area contributed by atoms with Crippen LogP contribution in [0.3, 0.4) is 0 Å². The third kappa shape index (κ3) is 3.16. The molecule has 0 aliphatic heterocycles. The van der Waals surface area contributed by atoms with E-state index in [1.165, 1.54) is 36.4 Å². The molecule has 0 bridgehead atoms. The number of H-pyrrole nitrogens is 2. The van der Waals surface area contributed by atoms with Gasteiger partial charge in [-0.3, -0.25) is 14.3 Å². The minimum Gasteiger partial charge on any atom is -0.316 e. The Morgan fingerprint density at radius 1 is 0.833 bits per heavy atom. The molecule has 0 saturated heterocycles. The highest BCUT2D eigenvalue weighted by Gasteiger charge is 2.16. The summed E-state index contributed by atoms with van der Waals surface area (Å²) in [4.78, 5) is 27.2. The van der Waals surface area contributed by atoms with Crippen molar-refractivity contribution >= 4 is 49.9 Å². The maximum Gasteiger partial charge on any atom is 0.314 e. The molecular weight excluding hydrogens is 377 g/mol. The predicted molar refractivity (Wildman–Crippen MR) is 92.5 cm³/mol. The molecule has 1 aromatic heterocycles. The van der Waals surface area contributed by atoms with Crippen molar-refractivity contribution in [3.05, 3.63) is 67.2 Å². The molecule has 0 radical (unpaired) electrons. The van der Waals surface area contributed by atoms with Gasteiger partial charge in [0.05, 0.1) is 31.7 Å². The quantitative estimate of drug-likeness (QED) is 0.600. The summed E-state index contributed by atoms with van der Waals surface area (Å²) in [5, 5.41) is 0.504. The fourth-order valence-electron chi connectivity index (χ4n) is 2.03. The summed E-state index contributed by atoms with van der Waals surface area (Å²) in [7, 11) is -3.92. The molecule has 0 spiro atoms. The summed E-state index contributed by atoms with van der Waals surface area (Å²) in [5.41, 5.74) is -0.939. The molecule has 0 atom stereocenters. The molecule has 3 N–H and O–H groups in total. The van der Waals surface area contributed by atoms with Gasteiger partial charge in [-0.05, 0) is 36.4 Å². The van der Waals surface area contributed by atoms with Gasteiger partial charge in [0, 0.05) is 0 Å². The van der Waals surface area contributed by atoms with Crippen LogP contribution in [0, 0.1) is 0 Å². The standard InChI is InChI=1S/C14H9Cl2N3O4S/c15-9-3-1-7(5-10(9)16)19-24(22,23)8-2-4-11-12(6-8)18-14(21)13(20)17-11/h1-6,19H,(H,17,20)(H,18,21). The first-order valence-corrected chi connectivity index (χ1v) is 8.74. The van der Waals surface area contributed by atoms with Gasteiger partial charge < -0.3 is 9.97 Å². The highest BCUT2D eigenvalue weighted by molar-refractivity contribution is 7.92. The molecule has 3 aromatic rings. The molecule has 1 heterocycles. The van der Waals surface area contributed by atoms with Crippen molar-refractivity contribution < 1.29 is 8.42 Å². The van der Waals surface area contributed by atoms with E-state index in [9.17, 15) is 18.0 Å². The second-order valence-electron chi connectivity index (χ2n) is 4.85. The van der Waals surface area contributed by atoms with E-state index in [4.69, 9.17) is 23.2 Å². The zero-order valence-corrected chi connectivity index (χ0v) is 14.1. The van der Waals surface area contributed by atoms with Crippen molar-refractivity contribution in [2.24, 2.45) is 0 Å². The van der Waals surface area contributed by atoms with Gasteiger partial charge in [-0.25, -0.2) is 8.42 Å². The maximum atomic E-state index is 12.4. The average Bonchev–Trinajstić information content (AvgIpc) is 2.51. The fraction of sp³-hybridized carbons (Fsp3) is 0. The molecule has 2 aromatic carbocycles. The Morgan fingerprint density at radius 2 is 1.50 bits per heavy atom. The number of hydrogen-bond donors (Lipinski definition) is 3. The van der Waals surface area contributed by atoms with Crippen LogP contribution in [0.15, 0.2) is 50.9 Å². The predicted octanol–water partition coefficient (Wildman–Crippen LogP) is 2.32. The molecule has 0 unspecified atom stereocenters. The van der Waals surface area contributed by atoms with Crippen LogP contribution in [-0.2, 0) is 10.0 Å². The van der Waals surface area contributed by atoms with Crippen LogP contribution in [0.4, 0.5) is 5.69 Å². The molecule has 0 saturated carbocycles. The van der Waals surface area contributed by atoms with E-state index in [1.807, 2.05) is 0 Å². The van der Waals surface area contributed by atoms with E-state index in [2.05, 4.69) is 14.7 Å². The number of anilines is 1. The fourth-order valence-corrected chi connectivity index (χ4v) is 3.41. The molecule has 0 aliphatic rings. The lowest BCUT2D eigenvalue weighted by atomic mass is 10.3. The van der Waals surface area contributed by atoms with Gasteiger partial charge in [0.2, 0.25) is 0 Å². The normalized spacial score (nSPS) is 11.6. The molecule has 0 amide bonds. The third-order valence-corrected chi connectivity index (χ3v) is 5.29. The van der Waals surface area contributed by atoms with Crippen molar-refractivity contribution in [3.63, 3.8) is 0 Å². The van der Waals surface area contributed by atoms with E-state index in [0.29, 0.717) is 10.5 Å². The number of halogens is 2. The minimum absolute atomic E-state index is 0.0937. The second-order valence-corrected chi connectivity index (χ2v) is 7.35. The first-order chi connectivity index (χ1) is 11.3. The van der Waals surface area contributed by atoms with Crippen LogP contribution < -0.4 is 15.8 Å². The highest BCUT2D eigenvalue weighted by Crippen LogP contribution is 2.26. The zero-order chi connectivity index (χ0) is 17.5. The first-order valence-electron chi connectivity index (χ1n) is 6.50. The number of aromatic amines is 2. The van der Waals surface area contributed by atoms with Gasteiger partial charge in [-0.1, -0.05) is 23.2 Å². The minimum atomic E-state index is -3.92. The average molecular weight is 386 g/mol. The van der Waals surface area contributed by atoms with Gasteiger partial charge in [-0.2, -0.15) is 0 Å². The third-order valence-electron chi connectivity index (χ3n) is 3.18. The van der Waals surface area contributed by atoms with E-state index in [0.717, 1.165) is 0 Å². The van der Waals surface area contributed by atoms with Gasteiger partial charge >= 0.3 is 11.1 Å². The smallest absolute Gasteiger partial charge is 0.314 e. The summed E-state index contributed by atoms with van der Waals surface area (Å²) >= 11 is 11.6. The molecule has 124 valence electrons. The highest BCUT2D eigenvalue weighted by atomic mass is 35.5. The Bertz CT molecular complexity index is 1170. The van der Waals surface area contributed by atoms with Crippen molar-refractivity contribution in [3.8, 4) is 0 Å². The summed E-state index contributed by atoms with van der Waals surface area (Å²) in [6.07, 6.45) is 0. The summed E-state index contributed by atoms with van der Waals surface area (Å²) in [6.45, 7) is 0. The van der Waals surface area contributed by atoms with Crippen LogP contribution in [0.1, 0.15) is 0 Å². The Kier molecular flexibility index (Phi) is 4.12. The lowest BCUT2D eigenvalue weighted by Gasteiger charge is -2.09. The molecule has 0 fully saturated rings. The lowest BCUT2D eigenvalue weighted by Crippen LogP contribution is -2.29. The van der Waals surface area contributed by atoms with E-state index < -0.39 is 21.1 Å². The summed E-state index contributed by atoms with van der Waals surface area (Å²) in [6, 6.07) is 8.23. The van der Waals surface area contributed by atoms with Gasteiger partial charge in [0.1, 0.15) is 0 Å². The largest absolute Gasteiger partial charge is 0.316 e. The van der Waals surface area contributed by atoms with E-state index >= 15 is 0 Å². The lowest BCUT2D eigenvalue weighted by molar-refractivity contribution is 0.601. The van der Waals surface area contributed by atoms with Crippen LogP contribution >= 0.6 is 23.2 Å². The van der Waals surface area contributed by atoms with Crippen LogP contribution in [-0.4, -0.2) is 18.4 Å². The Labute approximate surface area is 145 Å². The Hall–Kier alpha value is -2.29. The number of nitrogens with one attached hydrogen (secondary N) is 3. The van der Waals surface area contributed by atoms with Crippen LogP contribution in [0.2, 0.25) is 10.0 Å². The number of hydrogen-bond acceptors (Lipinski definition) is 4. The molecule has 0 aliphatic carbocycles. The molecular formula is C14H9Cl2N3O4S. The zero-order valence-electron chi connectivity index (χ0n) is 11.8. The van der Waals surface area contributed by atoms with Crippen LogP contribution in [0.5, 0.6) is 0 Å². The number of benzene rings is 2. The van der Waals surface area contributed by atoms with E-state index in [-0.39, 0.29) is 21.1 Å². The topological polar surface area (TPSA) is 112 Å². The monoisotopic (exact) mass is 385 g/mol. The van der Waals surface area contributed by atoms with Crippen molar-refractivity contribution in [1.29, 1.82) is 0 Å². The maximum absolute atomic E-state index is 12.4. The number of rotatable bonds is 3.